The molecule has 0 aromatic carbocycles. The Morgan fingerprint density at radius 1 is 1.42 bits per heavy atom. The molecule has 124 valence electrons. The minimum Gasteiger partial charge on any atom is -0.420 e. The maximum Gasteiger partial charge on any atom is 0.276 e. The highest BCUT2D eigenvalue weighted by atomic mass is 32.1. The van der Waals surface area contributed by atoms with Crippen molar-refractivity contribution in [3.8, 4) is 11.5 Å². The monoisotopic (exact) mass is 344 g/mol. The number of likely N-dealkylation sites (tertiary alicyclic amines) is 1. The Labute approximate surface area is 142 Å². The fraction of sp³-hybridized carbons (Fsp3) is 0.375. The predicted molar refractivity (Wildman–Crippen MR) is 86.7 cm³/mol. The van der Waals surface area contributed by atoms with E-state index in [-0.39, 0.29) is 11.8 Å². The number of rotatable bonds is 3. The minimum atomic E-state index is -0.117. The van der Waals surface area contributed by atoms with Gasteiger partial charge in [-0.1, -0.05) is 5.16 Å². The summed E-state index contributed by atoms with van der Waals surface area (Å²) >= 11 is 1.59. The number of hydrogen-bond donors (Lipinski definition) is 0. The van der Waals surface area contributed by atoms with E-state index in [0.717, 1.165) is 18.4 Å². The van der Waals surface area contributed by atoms with Crippen molar-refractivity contribution in [1.29, 1.82) is 0 Å². The van der Waals surface area contributed by atoms with Crippen LogP contribution in [0.15, 0.2) is 31.8 Å². The van der Waals surface area contributed by atoms with Crippen molar-refractivity contribution in [3.63, 3.8) is 0 Å². The van der Waals surface area contributed by atoms with Crippen LogP contribution in [-0.4, -0.2) is 39.3 Å². The molecule has 24 heavy (non-hydrogen) atoms. The van der Waals surface area contributed by atoms with E-state index in [1.807, 2.05) is 16.8 Å². The van der Waals surface area contributed by atoms with Gasteiger partial charge in [-0.3, -0.25) is 4.79 Å². The first-order chi connectivity index (χ1) is 11.7. The maximum atomic E-state index is 12.5. The molecule has 0 spiro atoms. The average molecular weight is 344 g/mol. The largest absolute Gasteiger partial charge is 0.420 e. The molecule has 1 unspecified atom stereocenters. The van der Waals surface area contributed by atoms with Crippen molar-refractivity contribution in [2.75, 3.05) is 13.1 Å². The van der Waals surface area contributed by atoms with Crippen LogP contribution in [0.5, 0.6) is 0 Å². The molecular formula is C16H16N4O3S. The molecule has 0 saturated carbocycles. The van der Waals surface area contributed by atoms with E-state index < -0.39 is 0 Å². The third-order valence-corrected chi connectivity index (χ3v) is 4.80. The van der Waals surface area contributed by atoms with Gasteiger partial charge in [0.15, 0.2) is 5.69 Å². The molecule has 0 radical (unpaired) electrons. The zero-order chi connectivity index (χ0) is 16.5. The van der Waals surface area contributed by atoms with Crippen LogP contribution in [0, 0.1) is 6.92 Å². The van der Waals surface area contributed by atoms with Gasteiger partial charge < -0.3 is 13.8 Å². The van der Waals surface area contributed by atoms with Gasteiger partial charge in [0.1, 0.15) is 5.76 Å². The van der Waals surface area contributed by atoms with Crippen LogP contribution in [0.3, 0.4) is 0 Å². The number of nitrogens with zero attached hydrogens (tertiary/aromatic N) is 4. The summed E-state index contributed by atoms with van der Waals surface area (Å²) in [6, 6.07) is 3.61. The Bertz CT molecular complexity index is 839. The molecule has 0 N–H and O–H groups in total. The fourth-order valence-electron chi connectivity index (χ4n) is 2.89. The van der Waals surface area contributed by atoms with E-state index in [4.69, 9.17) is 8.94 Å². The van der Waals surface area contributed by atoms with E-state index >= 15 is 0 Å². The molecule has 1 fully saturated rings. The van der Waals surface area contributed by atoms with Crippen molar-refractivity contribution in [3.05, 3.63) is 40.2 Å². The zero-order valence-corrected chi connectivity index (χ0v) is 14.0. The topological polar surface area (TPSA) is 85.3 Å². The van der Waals surface area contributed by atoms with Gasteiger partial charge in [-0.15, -0.1) is 10.2 Å². The summed E-state index contributed by atoms with van der Waals surface area (Å²) in [5.74, 6) is 1.68. The minimum absolute atomic E-state index is 0.0515. The van der Waals surface area contributed by atoms with Gasteiger partial charge >= 0.3 is 0 Å². The van der Waals surface area contributed by atoms with E-state index in [1.54, 1.807) is 29.2 Å². The van der Waals surface area contributed by atoms with Crippen LogP contribution >= 0.6 is 11.3 Å². The molecule has 0 aliphatic carbocycles. The Morgan fingerprint density at radius 2 is 2.33 bits per heavy atom. The lowest BCUT2D eigenvalue weighted by atomic mass is 9.98. The number of amides is 1. The molecule has 1 aliphatic rings. The van der Waals surface area contributed by atoms with Gasteiger partial charge in [0.05, 0.1) is 5.92 Å². The van der Waals surface area contributed by atoms with Gasteiger partial charge in [-0.05, 0) is 31.2 Å². The second-order valence-electron chi connectivity index (χ2n) is 5.87. The molecular weight excluding hydrogens is 328 g/mol. The summed E-state index contributed by atoms with van der Waals surface area (Å²) in [5, 5.41) is 16.1. The number of piperidine rings is 1. The van der Waals surface area contributed by atoms with Crippen molar-refractivity contribution in [1.82, 2.24) is 20.3 Å². The smallest absolute Gasteiger partial charge is 0.276 e. The van der Waals surface area contributed by atoms with Crippen molar-refractivity contribution < 1.29 is 13.7 Å². The van der Waals surface area contributed by atoms with Gasteiger partial charge in [-0.2, -0.15) is 11.3 Å². The van der Waals surface area contributed by atoms with Crippen LogP contribution in [-0.2, 0) is 0 Å². The van der Waals surface area contributed by atoms with Crippen molar-refractivity contribution in [2.24, 2.45) is 0 Å². The molecule has 4 rings (SSSR count). The Hall–Kier alpha value is -2.48. The van der Waals surface area contributed by atoms with Gasteiger partial charge in [0.25, 0.3) is 5.91 Å². The van der Waals surface area contributed by atoms with Crippen LogP contribution < -0.4 is 0 Å². The first kappa shape index (κ1) is 15.1. The molecule has 3 aromatic heterocycles. The molecule has 0 bridgehead atoms. The van der Waals surface area contributed by atoms with E-state index in [1.165, 1.54) is 0 Å². The van der Waals surface area contributed by atoms with Crippen molar-refractivity contribution in [2.45, 2.75) is 25.7 Å². The normalized spacial score (nSPS) is 18.0. The SMILES string of the molecule is Cc1cc(C(=O)N2CCCC(c3nnc(-c4ccsc4)o3)C2)no1. The quantitative estimate of drug-likeness (QED) is 0.726. The Balaban J connectivity index is 1.50. The fourth-order valence-corrected chi connectivity index (χ4v) is 3.52. The van der Waals surface area contributed by atoms with Gasteiger partial charge in [-0.25, -0.2) is 0 Å². The standard InChI is InChI=1S/C16H16N4O3S/c1-10-7-13(19-23-10)16(21)20-5-2-3-11(8-20)14-17-18-15(22-14)12-4-6-24-9-12/h4,6-7,9,11H,2-3,5,8H2,1H3. The molecule has 8 heteroatoms. The summed E-state index contributed by atoms with van der Waals surface area (Å²) in [4.78, 5) is 14.3. The molecule has 1 atom stereocenters. The highest BCUT2D eigenvalue weighted by molar-refractivity contribution is 7.08. The lowest BCUT2D eigenvalue weighted by Crippen LogP contribution is -2.39. The average Bonchev–Trinajstić information content (AvgIpc) is 3.35. The summed E-state index contributed by atoms with van der Waals surface area (Å²) in [7, 11) is 0. The van der Waals surface area contributed by atoms with Crippen LogP contribution in [0.4, 0.5) is 0 Å². The predicted octanol–water partition coefficient (Wildman–Crippen LogP) is 3.11. The van der Waals surface area contributed by atoms with Crippen LogP contribution in [0.1, 0.15) is 40.9 Å². The maximum absolute atomic E-state index is 12.5. The number of thiophene rings is 1. The third-order valence-electron chi connectivity index (χ3n) is 4.11. The first-order valence-electron chi connectivity index (χ1n) is 7.79. The molecule has 1 saturated heterocycles. The summed E-state index contributed by atoms with van der Waals surface area (Å²) in [6.07, 6.45) is 1.82. The Kier molecular flexibility index (Phi) is 3.89. The summed E-state index contributed by atoms with van der Waals surface area (Å²) in [6.45, 7) is 3.02. The Morgan fingerprint density at radius 3 is 3.08 bits per heavy atom. The lowest BCUT2D eigenvalue weighted by Gasteiger charge is -2.30. The van der Waals surface area contributed by atoms with E-state index in [9.17, 15) is 4.79 Å². The number of carbonyl (C=O) groups is 1. The van der Waals surface area contributed by atoms with Gasteiger partial charge in [0.2, 0.25) is 11.8 Å². The van der Waals surface area contributed by atoms with Crippen molar-refractivity contribution >= 4 is 17.2 Å². The highest BCUT2D eigenvalue weighted by Crippen LogP contribution is 2.29. The molecule has 1 aliphatic heterocycles. The van der Waals surface area contributed by atoms with E-state index in [2.05, 4.69) is 15.4 Å². The number of aryl methyl sites for hydroxylation is 1. The summed E-state index contributed by atoms with van der Waals surface area (Å²) in [5.41, 5.74) is 1.28. The zero-order valence-electron chi connectivity index (χ0n) is 13.1. The molecule has 3 aromatic rings. The van der Waals surface area contributed by atoms with E-state index in [0.29, 0.717) is 36.3 Å². The summed E-state index contributed by atoms with van der Waals surface area (Å²) < 4.78 is 10.8. The number of aromatic nitrogens is 3. The molecule has 7 nitrogen and oxygen atoms in total. The third kappa shape index (κ3) is 2.84. The molecule has 1 amide bonds. The molecule has 4 heterocycles. The highest BCUT2D eigenvalue weighted by Gasteiger charge is 2.30. The van der Waals surface area contributed by atoms with Gasteiger partial charge in [0, 0.05) is 30.1 Å². The number of hydrogen-bond acceptors (Lipinski definition) is 7. The first-order valence-corrected chi connectivity index (χ1v) is 8.73. The van der Waals surface area contributed by atoms with Crippen LogP contribution in [0.25, 0.3) is 11.5 Å². The van der Waals surface area contributed by atoms with Crippen LogP contribution in [0.2, 0.25) is 0 Å². The number of carbonyl (C=O) groups excluding carboxylic acids is 1. The second-order valence-corrected chi connectivity index (χ2v) is 6.65. The lowest BCUT2D eigenvalue weighted by molar-refractivity contribution is 0.0688. The second kappa shape index (κ2) is 6.20.